The molecule has 0 unspecified atom stereocenters. The van der Waals surface area contributed by atoms with Gasteiger partial charge in [0.15, 0.2) is 11.9 Å². The van der Waals surface area contributed by atoms with Gasteiger partial charge in [0.2, 0.25) is 0 Å². The summed E-state index contributed by atoms with van der Waals surface area (Å²) in [5.74, 6) is -0.768. The number of benzene rings is 1. The smallest absolute Gasteiger partial charge is 0.368 e. The lowest BCUT2D eigenvalue weighted by Crippen LogP contribution is -2.33. The van der Waals surface area contributed by atoms with Gasteiger partial charge in [-0.3, -0.25) is 0 Å². The minimum Gasteiger partial charge on any atom is -0.368 e. The Kier molecular flexibility index (Phi) is 3.59. The zero-order chi connectivity index (χ0) is 16.9. The maximum atomic E-state index is 13.4. The molecule has 2 aromatic rings. The van der Waals surface area contributed by atoms with Crippen molar-refractivity contribution in [2.24, 2.45) is 0 Å². The molecule has 0 spiro atoms. The van der Waals surface area contributed by atoms with Crippen LogP contribution in [-0.2, 0) is 4.74 Å². The third-order valence-electron chi connectivity index (χ3n) is 4.38. The van der Waals surface area contributed by atoms with Crippen LogP contribution in [0.5, 0.6) is 0 Å². The van der Waals surface area contributed by atoms with E-state index in [0.717, 1.165) is 12.8 Å². The Hall–Kier alpha value is -1.96. The predicted molar refractivity (Wildman–Crippen MR) is 76.8 cm³/mol. The summed E-state index contributed by atoms with van der Waals surface area (Å²) in [5, 5.41) is 4.36. The number of halogens is 4. The van der Waals surface area contributed by atoms with Gasteiger partial charge < -0.3 is 4.74 Å². The topological polar surface area (TPSA) is 39.9 Å². The third kappa shape index (κ3) is 2.79. The van der Waals surface area contributed by atoms with E-state index < -0.39 is 24.0 Å². The van der Waals surface area contributed by atoms with E-state index >= 15 is 0 Å². The van der Waals surface area contributed by atoms with Crippen molar-refractivity contribution in [1.29, 1.82) is 0 Å². The summed E-state index contributed by atoms with van der Waals surface area (Å²) in [6, 6.07) is 5.82. The normalized spacial score (nSPS) is 24.5. The molecule has 24 heavy (non-hydrogen) atoms. The van der Waals surface area contributed by atoms with Gasteiger partial charge >= 0.3 is 6.18 Å². The molecular formula is C16H15F4N3O. The average Bonchev–Trinajstić information content (AvgIpc) is 3.08. The molecule has 0 radical (unpaired) electrons. The molecule has 2 aliphatic rings. The van der Waals surface area contributed by atoms with Crippen LogP contribution in [0.3, 0.4) is 0 Å². The Morgan fingerprint density at radius 1 is 1.17 bits per heavy atom. The van der Waals surface area contributed by atoms with Crippen molar-refractivity contribution >= 4 is 0 Å². The molecule has 128 valence electrons. The fraction of sp³-hybridized carbons (Fsp3) is 0.500. The number of alkyl halides is 3. The molecule has 0 amide bonds. The lowest BCUT2D eigenvalue weighted by atomic mass is 10.00. The van der Waals surface area contributed by atoms with E-state index in [0.29, 0.717) is 5.56 Å². The summed E-state index contributed by atoms with van der Waals surface area (Å²) in [7, 11) is 0. The van der Waals surface area contributed by atoms with Crippen LogP contribution in [-0.4, -0.2) is 33.7 Å². The molecule has 1 aromatic carbocycles. The van der Waals surface area contributed by atoms with Gasteiger partial charge in [0, 0.05) is 12.2 Å². The Labute approximate surface area is 135 Å². The molecular weight excluding hydrogens is 326 g/mol. The highest BCUT2D eigenvalue weighted by Crippen LogP contribution is 2.44. The molecule has 4 nitrogen and oxygen atoms in total. The number of hydrogen-bond donors (Lipinski definition) is 0. The van der Waals surface area contributed by atoms with Crippen molar-refractivity contribution in [3.63, 3.8) is 0 Å². The zero-order valence-electron chi connectivity index (χ0n) is 12.6. The number of hydrogen-bond acceptors (Lipinski definition) is 3. The molecule has 1 aliphatic heterocycles. The molecule has 2 atom stereocenters. The third-order valence-corrected chi connectivity index (χ3v) is 4.38. The summed E-state index contributed by atoms with van der Waals surface area (Å²) in [5.41, 5.74) is 0.457. The highest BCUT2D eigenvalue weighted by Gasteiger charge is 2.51. The van der Waals surface area contributed by atoms with Gasteiger partial charge in [-0.15, -0.1) is 0 Å². The first kappa shape index (κ1) is 15.6. The van der Waals surface area contributed by atoms with Crippen molar-refractivity contribution in [2.45, 2.75) is 43.5 Å². The summed E-state index contributed by atoms with van der Waals surface area (Å²) < 4.78 is 59.5. The lowest BCUT2D eigenvalue weighted by molar-refractivity contribution is -0.210. The Bertz CT molecular complexity index is 754. The van der Waals surface area contributed by atoms with E-state index in [9.17, 15) is 17.6 Å². The van der Waals surface area contributed by atoms with Crippen molar-refractivity contribution in [2.75, 3.05) is 6.61 Å². The maximum Gasteiger partial charge on any atom is 0.415 e. The summed E-state index contributed by atoms with van der Waals surface area (Å²) in [6.07, 6.45) is -4.33. The van der Waals surface area contributed by atoms with Gasteiger partial charge in [-0.25, -0.2) is 14.1 Å². The largest absolute Gasteiger partial charge is 0.415 e. The van der Waals surface area contributed by atoms with E-state index in [2.05, 4.69) is 10.1 Å². The van der Waals surface area contributed by atoms with E-state index in [1.165, 1.54) is 18.2 Å². The maximum absolute atomic E-state index is 13.4. The van der Waals surface area contributed by atoms with E-state index in [1.54, 1.807) is 10.7 Å². The minimum absolute atomic E-state index is 0.0433. The number of nitrogens with zero attached hydrogens (tertiary/aromatic N) is 3. The van der Waals surface area contributed by atoms with Crippen LogP contribution in [0.25, 0.3) is 11.4 Å². The molecule has 1 saturated heterocycles. The van der Waals surface area contributed by atoms with Gasteiger partial charge in [0.05, 0.1) is 12.0 Å². The minimum atomic E-state index is -4.44. The fourth-order valence-corrected chi connectivity index (χ4v) is 3.10. The van der Waals surface area contributed by atoms with Crippen LogP contribution in [0.15, 0.2) is 24.3 Å². The quantitative estimate of drug-likeness (QED) is 0.796. The van der Waals surface area contributed by atoms with Crippen molar-refractivity contribution in [1.82, 2.24) is 14.8 Å². The Balaban J connectivity index is 1.75. The molecule has 0 bridgehead atoms. The summed E-state index contributed by atoms with van der Waals surface area (Å²) in [4.78, 5) is 4.33. The van der Waals surface area contributed by atoms with Gasteiger partial charge in [0.25, 0.3) is 0 Å². The number of rotatable bonds is 3. The number of ether oxygens (including phenoxy) is 1. The van der Waals surface area contributed by atoms with Gasteiger partial charge in [-0.2, -0.15) is 18.3 Å². The molecule has 0 N–H and O–H groups in total. The predicted octanol–water partition coefficient (Wildman–Crippen LogP) is 3.85. The van der Waals surface area contributed by atoms with Crippen molar-refractivity contribution in [3.8, 4) is 11.4 Å². The van der Waals surface area contributed by atoms with Crippen molar-refractivity contribution in [3.05, 3.63) is 35.9 Å². The van der Waals surface area contributed by atoms with Gasteiger partial charge in [-0.05, 0) is 31.4 Å². The second-order valence-corrected chi connectivity index (χ2v) is 6.21. The second kappa shape index (κ2) is 5.54. The van der Waals surface area contributed by atoms with Crippen LogP contribution in [0.1, 0.15) is 37.0 Å². The fourth-order valence-electron chi connectivity index (χ4n) is 3.10. The highest BCUT2D eigenvalue weighted by atomic mass is 19.4. The number of aromatic nitrogens is 3. The molecule has 2 fully saturated rings. The SMILES string of the molecule is Fc1cccc(-c2nc([C@@H]3CCO[C@H]3C(F)(F)F)n(C3CC3)n2)c1. The van der Waals surface area contributed by atoms with Gasteiger partial charge in [-0.1, -0.05) is 12.1 Å². The summed E-state index contributed by atoms with van der Waals surface area (Å²) in [6.45, 7) is 0.0433. The summed E-state index contributed by atoms with van der Waals surface area (Å²) >= 11 is 0. The molecule has 4 rings (SSSR count). The van der Waals surface area contributed by atoms with E-state index in [4.69, 9.17) is 4.74 Å². The standard InChI is InChI=1S/C16H15F4N3O/c17-10-3-1-2-9(8-10)14-21-15(23(22-14)11-4-5-11)12-6-7-24-13(12)16(18,19)20/h1-3,8,11-13H,4-7H2/t12-,13-/m1/s1. The lowest BCUT2D eigenvalue weighted by Gasteiger charge is -2.20. The van der Waals surface area contributed by atoms with E-state index in [1.807, 2.05) is 0 Å². The first-order valence-electron chi connectivity index (χ1n) is 7.84. The molecule has 2 heterocycles. The Morgan fingerprint density at radius 2 is 1.96 bits per heavy atom. The molecule has 1 aliphatic carbocycles. The highest BCUT2D eigenvalue weighted by molar-refractivity contribution is 5.54. The van der Waals surface area contributed by atoms with Crippen LogP contribution >= 0.6 is 0 Å². The first-order valence-corrected chi connectivity index (χ1v) is 7.84. The van der Waals surface area contributed by atoms with Crippen LogP contribution in [0.4, 0.5) is 17.6 Å². The van der Waals surface area contributed by atoms with Crippen LogP contribution in [0, 0.1) is 5.82 Å². The molecule has 8 heteroatoms. The first-order chi connectivity index (χ1) is 11.4. The molecule has 1 aromatic heterocycles. The molecule has 1 saturated carbocycles. The van der Waals surface area contributed by atoms with E-state index in [-0.39, 0.29) is 30.7 Å². The van der Waals surface area contributed by atoms with Gasteiger partial charge in [0.1, 0.15) is 11.6 Å². The zero-order valence-corrected chi connectivity index (χ0v) is 12.6. The van der Waals surface area contributed by atoms with Crippen molar-refractivity contribution < 1.29 is 22.3 Å². The van der Waals surface area contributed by atoms with Crippen LogP contribution in [0.2, 0.25) is 0 Å². The monoisotopic (exact) mass is 341 g/mol. The Morgan fingerprint density at radius 3 is 2.62 bits per heavy atom. The van der Waals surface area contributed by atoms with Crippen LogP contribution < -0.4 is 0 Å². The second-order valence-electron chi connectivity index (χ2n) is 6.21. The average molecular weight is 341 g/mol.